The number of nitrogen functional groups attached to an aromatic ring is 1. The third-order valence-corrected chi connectivity index (χ3v) is 2.69. The molecule has 0 saturated heterocycles. The average Bonchev–Trinajstić information content (AvgIpc) is 3.02. The first-order valence-corrected chi connectivity index (χ1v) is 6.46. The molecule has 3 aromatic rings. The number of carboxylic acid groups (broad SMARTS) is 1. The van der Waals surface area contributed by atoms with Crippen LogP contribution in [0.2, 0.25) is 0 Å². The quantitative estimate of drug-likeness (QED) is 0.492. The van der Waals surface area contributed by atoms with Crippen molar-refractivity contribution < 1.29 is 23.1 Å². The fourth-order valence-corrected chi connectivity index (χ4v) is 1.72. The van der Waals surface area contributed by atoms with Crippen molar-refractivity contribution in [1.29, 1.82) is 0 Å². The lowest BCUT2D eigenvalue weighted by Gasteiger charge is -1.94. The number of nitrogens with two attached hydrogens (primary N) is 1. The molecule has 122 valence electrons. The van der Waals surface area contributed by atoms with Gasteiger partial charge in [-0.2, -0.15) is 23.3 Å². The summed E-state index contributed by atoms with van der Waals surface area (Å²) in [6, 6.07) is 1.80. The third kappa shape index (κ3) is 3.94. The van der Waals surface area contributed by atoms with Crippen LogP contribution >= 0.6 is 15.9 Å². The van der Waals surface area contributed by atoms with Gasteiger partial charge < -0.3 is 15.8 Å². The molecular formula is C10H7BrF3N7O2. The van der Waals surface area contributed by atoms with Crippen LogP contribution in [0.3, 0.4) is 0 Å². The Bertz CT molecular complexity index is 844. The fraction of sp³-hybridized carbons (Fsp3) is 0.100. The highest BCUT2D eigenvalue weighted by molar-refractivity contribution is 9.10. The van der Waals surface area contributed by atoms with Gasteiger partial charge in [-0.3, -0.25) is 10.1 Å². The van der Waals surface area contributed by atoms with Crippen molar-refractivity contribution in [1.82, 2.24) is 30.1 Å². The highest BCUT2D eigenvalue weighted by Crippen LogP contribution is 2.23. The number of aliphatic carboxylic acids is 1. The number of aromatic amines is 2. The number of carbonyl (C=O) groups is 1. The Morgan fingerprint density at radius 1 is 1.35 bits per heavy atom. The monoisotopic (exact) mass is 393 g/mol. The molecule has 0 amide bonds. The molecule has 0 aliphatic rings. The van der Waals surface area contributed by atoms with Crippen molar-refractivity contribution in [2.24, 2.45) is 0 Å². The lowest BCUT2D eigenvalue weighted by atomic mass is 10.3. The van der Waals surface area contributed by atoms with Crippen molar-refractivity contribution >= 4 is 38.9 Å². The van der Waals surface area contributed by atoms with Gasteiger partial charge >= 0.3 is 12.1 Å². The molecule has 3 rings (SSSR count). The zero-order valence-electron chi connectivity index (χ0n) is 10.9. The maximum atomic E-state index is 10.6. The van der Waals surface area contributed by atoms with Crippen molar-refractivity contribution in [2.45, 2.75) is 6.18 Å². The second kappa shape index (κ2) is 6.20. The lowest BCUT2D eigenvalue weighted by Crippen LogP contribution is -2.21. The number of nitrogens with zero attached hydrogens (tertiary/aromatic N) is 4. The van der Waals surface area contributed by atoms with E-state index in [1.54, 1.807) is 12.3 Å². The second-order valence-corrected chi connectivity index (χ2v) is 4.68. The number of alkyl halides is 3. The number of aromatic nitrogens is 6. The van der Waals surface area contributed by atoms with E-state index in [-0.39, 0.29) is 0 Å². The van der Waals surface area contributed by atoms with Gasteiger partial charge in [-0.25, -0.2) is 9.78 Å². The molecular weight excluding hydrogens is 387 g/mol. The predicted octanol–water partition coefficient (Wildman–Crippen LogP) is 1.72. The predicted molar refractivity (Wildman–Crippen MR) is 75.1 cm³/mol. The van der Waals surface area contributed by atoms with Gasteiger partial charge in [0.2, 0.25) is 5.82 Å². The molecule has 9 nitrogen and oxygen atoms in total. The summed E-state index contributed by atoms with van der Waals surface area (Å²) < 4.78 is 32.3. The van der Waals surface area contributed by atoms with E-state index in [2.05, 4.69) is 46.1 Å². The number of hydrogen-bond acceptors (Lipinski definition) is 6. The van der Waals surface area contributed by atoms with Crippen LogP contribution in [-0.4, -0.2) is 47.4 Å². The number of carboxylic acids is 1. The zero-order chi connectivity index (χ0) is 17.2. The Balaban J connectivity index is 0.000000236. The number of rotatable bonds is 1. The average molecular weight is 394 g/mol. The summed E-state index contributed by atoms with van der Waals surface area (Å²) in [5.74, 6) is -1.93. The van der Waals surface area contributed by atoms with E-state index in [9.17, 15) is 13.2 Å². The Morgan fingerprint density at radius 2 is 2.00 bits per heavy atom. The van der Waals surface area contributed by atoms with E-state index < -0.39 is 12.1 Å². The summed E-state index contributed by atoms with van der Waals surface area (Å²) >= 11 is 3.19. The van der Waals surface area contributed by atoms with Gasteiger partial charge in [0.05, 0.1) is 5.52 Å². The lowest BCUT2D eigenvalue weighted by molar-refractivity contribution is -0.192. The Hall–Kier alpha value is -2.70. The van der Waals surface area contributed by atoms with Gasteiger partial charge in [-0.1, -0.05) is 0 Å². The van der Waals surface area contributed by atoms with Crippen LogP contribution in [-0.2, 0) is 4.79 Å². The van der Waals surface area contributed by atoms with Crippen molar-refractivity contribution in [3.05, 3.63) is 17.0 Å². The van der Waals surface area contributed by atoms with E-state index in [4.69, 9.17) is 15.6 Å². The van der Waals surface area contributed by atoms with E-state index >= 15 is 0 Å². The minimum atomic E-state index is -5.08. The minimum absolute atomic E-state index is 0.346. The number of imidazole rings is 1. The van der Waals surface area contributed by atoms with Gasteiger partial charge in [0, 0.05) is 6.20 Å². The molecule has 0 spiro atoms. The summed E-state index contributed by atoms with van der Waals surface area (Å²) in [6.45, 7) is 0. The first-order chi connectivity index (χ1) is 10.7. The number of pyridine rings is 1. The van der Waals surface area contributed by atoms with Crippen LogP contribution in [0.4, 0.5) is 19.1 Å². The normalized spacial score (nSPS) is 11.1. The maximum absolute atomic E-state index is 10.6. The molecule has 0 radical (unpaired) electrons. The summed E-state index contributed by atoms with van der Waals surface area (Å²) in [5, 5.41) is 13.8. The van der Waals surface area contributed by atoms with E-state index in [1.807, 2.05) is 0 Å². The summed E-state index contributed by atoms with van der Waals surface area (Å²) in [7, 11) is 0. The summed E-state index contributed by atoms with van der Waals surface area (Å²) in [4.78, 5) is 24.3. The van der Waals surface area contributed by atoms with Gasteiger partial charge in [0.25, 0.3) is 0 Å². The summed E-state index contributed by atoms with van der Waals surface area (Å²) in [5.41, 5.74) is 7.65. The number of nitrogens with one attached hydrogen (secondary N) is 2. The Morgan fingerprint density at radius 3 is 2.52 bits per heavy atom. The van der Waals surface area contributed by atoms with E-state index in [0.29, 0.717) is 27.7 Å². The molecule has 0 aliphatic carbocycles. The second-order valence-electron chi connectivity index (χ2n) is 3.93. The third-order valence-electron chi connectivity index (χ3n) is 2.33. The Labute approximate surface area is 133 Å². The number of anilines is 1. The molecule has 0 atom stereocenters. The number of hydrogen-bond donors (Lipinski definition) is 4. The number of fused-ring (bicyclic) bond motifs is 1. The molecule has 0 aromatic carbocycles. The largest absolute Gasteiger partial charge is 0.490 e. The van der Waals surface area contributed by atoms with E-state index in [0.717, 1.165) is 5.52 Å². The molecule has 3 aromatic heterocycles. The fourth-order valence-electron chi connectivity index (χ4n) is 1.47. The van der Waals surface area contributed by atoms with Crippen LogP contribution in [0.15, 0.2) is 17.0 Å². The Kier molecular flexibility index (Phi) is 4.49. The number of H-pyrrole nitrogens is 2. The smallest absolute Gasteiger partial charge is 0.475 e. The van der Waals surface area contributed by atoms with Crippen molar-refractivity contribution in [3.8, 4) is 11.5 Å². The van der Waals surface area contributed by atoms with E-state index in [1.165, 1.54) is 0 Å². The molecule has 13 heteroatoms. The highest BCUT2D eigenvalue weighted by atomic mass is 79.9. The van der Waals surface area contributed by atoms with Crippen molar-refractivity contribution in [3.63, 3.8) is 0 Å². The van der Waals surface area contributed by atoms with Crippen LogP contribution in [0, 0.1) is 0 Å². The topological polar surface area (TPSA) is 146 Å². The van der Waals surface area contributed by atoms with Crippen LogP contribution in [0.1, 0.15) is 0 Å². The molecule has 0 fully saturated rings. The highest BCUT2D eigenvalue weighted by Gasteiger charge is 2.38. The zero-order valence-corrected chi connectivity index (χ0v) is 12.5. The maximum Gasteiger partial charge on any atom is 0.490 e. The van der Waals surface area contributed by atoms with Crippen molar-refractivity contribution in [2.75, 3.05) is 5.73 Å². The van der Waals surface area contributed by atoms with Crippen LogP contribution in [0.25, 0.3) is 22.6 Å². The van der Waals surface area contributed by atoms with Gasteiger partial charge in [-0.05, 0) is 22.0 Å². The minimum Gasteiger partial charge on any atom is -0.475 e. The van der Waals surface area contributed by atoms with Crippen LogP contribution < -0.4 is 5.73 Å². The molecule has 23 heavy (non-hydrogen) atoms. The van der Waals surface area contributed by atoms with Crippen LogP contribution in [0.5, 0.6) is 0 Å². The first-order valence-electron chi connectivity index (χ1n) is 5.67. The standard InChI is InChI=1S/C8H6BrN7.C2HF3O2/c9-7-14-6(15-16-7)5-4-3(1-2-11-5)12-8(10)13-4;3-2(4,5)1(6)7/h1-2H,(H3,10,12,13)(H,14,15,16);(H,6,7). The SMILES string of the molecule is Nc1nc2c(-c3n[nH]c(Br)n3)nccc2[nH]1.O=C(O)C(F)(F)F. The molecule has 0 bridgehead atoms. The summed E-state index contributed by atoms with van der Waals surface area (Å²) in [6.07, 6.45) is -3.43. The van der Waals surface area contributed by atoms with Gasteiger partial charge in [0.15, 0.2) is 10.7 Å². The molecule has 0 aliphatic heterocycles. The molecule has 3 heterocycles. The molecule has 5 N–H and O–H groups in total. The molecule has 0 unspecified atom stereocenters. The molecule has 0 saturated carbocycles. The van der Waals surface area contributed by atoms with Gasteiger partial charge in [-0.15, -0.1) is 0 Å². The number of halogens is 4. The first kappa shape index (κ1) is 16.7. The van der Waals surface area contributed by atoms with Gasteiger partial charge in [0.1, 0.15) is 11.2 Å².